The number of H-pyrrole nitrogens is 1. The highest BCUT2D eigenvalue weighted by Gasteiger charge is 2.05. The van der Waals surface area contributed by atoms with Crippen molar-refractivity contribution in [3.63, 3.8) is 0 Å². The van der Waals surface area contributed by atoms with Crippen molar-refractivity contribution in [2.75, 3.05) is 7.05 Å². The van der Waals surface area contributed by atoms with Crippen LogP contribution >= 0.6 is 0 Å². The molecule has 0 unspecified atom stereocenters. The highest BCUT2D eigenvalue weighted by atomic mass is 16.1. The van der Waals surface area contributed by atoms with Gasteiger partial charge in [-0.05, 0) is 31.0 Å². The van der Waals surface area contributed by atoms with Gasteiger partial charge in [0.15, 0.2) is 0 Å². The Bertz CT molecular complexity index is 514. The molecule has 1 heterocycles. The first-order chi connectivity index (χ1) is 7.70. The molecule has 0 aliphatic carbocycles. The van der Waals surface area contributed by atoms with Crippen molar-refractivity contribution in [1.82, 2.24) is 10.3 Å². The highest BCUT2D eigenvalue weighted by Crippen LogP contribution is 2.20. The van der Waals surface area contributed by atoms with Gasteiger partial charge in [-0.25, -0.2) is 0 Å². The third kappa shape index (κ3) is 2.08. The molecule has 0 fully saturated rings. The fraction of sp³-hybridized carbons (Fsp3) is 0.308. The summed E-state index contributed by atoms with van der Waals surface area (Å²) in [6, 6.07) is 6.32. The van der Waals surface area contributed by atoms with Crippen LogP contribution in [0.5, 0.6) is 0 Å². The average Bonchev–Trinajstić information content (AvgIpc) is 2.68. The molecule has 2 N–H and O–H groups in total. The highest BCUT2D eigenvalue weighted by molar-refractivity contribution is 5.84. The second-order valence-corrected chi connectivity index (χ2v) is 4.04. The normalized spacial score (nSPS) is 10.6. The SMILES string of the molecule is CNC(=O)CCc1c[nH]c2ccc(C)cc12. The number of aryl methyl sites for hydroxylation is 2. The zero-order valence-electron chi connectivity index (χ0n) is 9.63. The first-order valence-electron chi connectivity index (χ1n) is 5.48. The van der Waals surface area contributed by atoms with Crippen LogP contribution in [0.1, 0.15) is 17.5 Å². The summed E-state index contributed by atoms with van der Waals surface area (Å²) in [5.74, 6) is 0.0852. The van der Waals surface area contributed by atoms with E-state index in [2.05, 4.69) is 35.4 Å². The van der Waals surface area contributed by atoms with Gasteiger partial charge in [-0.1, -0.05) is 11.6 Å². The number of aromatic amines is 1. The molecule has 0 bridgehead atoms. The van der Waals surface area contributed by atoms with E-state index in [0.717, 1.165) is 11.9 Å². The van der Waals surface area contributed by atoms with Crippen molar-refractivity contribution < 1.29 is 4.79 Å². The Hall–Kier alpha value is -1.77. The van der Waals surface area contributed by atoms with Gasteiger partial charge in [-0.3, -0.25) is 4.79 Å². The minimum atomic E-state index is 0.0852. The number of carbonyl (C=O) groups excluding carboxylic acids is 1. The molecular weight excluding hydrogens is 200 g/mol. The van der Waals surface area contributed by atoms with Crippen LogP contribution in [0.2, 0.25) is 0 Å². The third-order valence-corrected chi connectivity index (χ3v) is 2.82. The fourth-order valence-electron chi connectivity index (χ4n) is 1.87. The van der Waals surface area contributed by atoms with Crippen LogP contribution in [0.15, 0.2) is 24.4 Å². The lowest BCUT2D eigenvalue weighted by Crippen LogP contribution is -2.17. The summed E-state index contributed by atoms with van der Waals surface area (Å²) in [5.41, 5.74) is 3.59. The van der Waals surface area contributed by atoms with E-state index in [4.69, 9.17) is 0 Å². The summed E-state index contributed by atoms with van der Waals surface area (Å²) < 4.78 is 0. The van der Waals surface area contributed by atoms with Gasteiger partial charge in [-0.2, -0.15) is 0 Å². The maximum Gasteiger partial charge on any atom is 0.220 e. The Kier molecular flexibility index (Phi) is 2.95. The molecular formula is C13H16N2O. The number of nitrogens with one attached hydrogen (secondary N) is 2. The van der Waals surface area contributed by atoms with Gasteiger partial charge < -0.3 is 10.3 Å². The molecule has 3 nitrogen and oxygen atoms in total. The predicted octanol–water partition coefficient (Wildman–Crippen LogP) is 2.15. The van der Waals surface area contributed by atoms with Crippen molar-refractivity contribution in [3.8, 4) is 0 Å². The molecule has 0 saturated carbocycles. The standard InChI is InChI=1S/C13H16N2O/c1-9-3-5-12-11(7-9)10(8-15-12)4-6-13(16)14-2/h3,5,7-8,15H,4,6H2,1-2H3,(H,14,16). The van der Waals surface area contributed by atoms with E-state index in [9.17, 15) is 4.79 Å². The van der Waals surface area contributed by atoms with E-state index in [1.807, 2.05) is 6.20 Å². The number of aromatic nitrogens is 1. The summed E-state index contributed by atoms with van der Waals surface area (Å²) in [4.78, 5) is 14.4. The van der Waals surface area contributed by atoms with Crippen LogP contribution in [0.25, 0.3) is 10.9 Å². The summed E-state index contributed by atoms with van der Waals surface area (Å²) in [6.45, 7) is 2.08. The molecule has 16 heavy (non-hydrogen) atoms. The molecule has 1 aromatic heterocycles. The first-order valence-corrected chi connectivity index (χ1v) is 5.48. The summed E-state index contributed by atoms with van der Waals surface area (Å²) >= 11 is 0. The molecule has 0 aliphatic heterocycles. The summed E-state index contributed by atoms with van der Waals surface area (Å²) in [5, 5.41) is 3.86. The van der Waals surface area contributed by atoms with Crippen LogP contribution in [0.4, 0.5) is 0 Å². The van der Waals surface area contributed by atoms with Crippen LogP contribution in [-0.4, -0.2) is 17.9 Å². The first kappa shape index (κ1) is 10.7. The molecule has 3 heteroatoms. The Morgan fingerprint density at radius 2 is 2.25 bits per heavy atom. The zero-order chi connectivity index (χ0) is 11.5. The van der Waals surface area contributed by atoms with Crippen molar-refractivity contribution in [2.45, 2.75) is 19.8 Å². The lowest BCUT2D eigenvalue weighted by Gasteiger charge is -2.00. The van der Waals surface area contributed by atoms with Gasteiger partial charge in [0.25, 0.3) is 0 Å². The Morgan fingerprint density at radius 1 is 1.44 bits per heavy atom. The van der Waals surface area contributed by atoms with E-state index in [-0.39, 0.29) is 5.91 Å². The zero-order valence-corrected chi connectivity index (χ0v) is 9.63. The Morgan fingerprint density at radius 3 is 3.00 bits per heavy atom. The molecule has 2 aromatic rings. The van der Waals surface area contributed by atoms with Crippen LogP contribution in [-0.2, 0) is 11.2 Å². The summed E-state index contributed by atoms with van der Waals surface area (Å²) in [7, 11) is 1.67. The Balaban J connectivity index is 2.24. The number of fused-ring (bicyclic) bond motifs is 1. The molecule has 0 atom stereocenters. The van der Waals surface area contributed by atoms with E-state index < -0.39 is 0 Å². The average molecular weight is 216 g/mol. The topological polar surface area (TPSA) is 44.9 Å². The largest absolute Gasteiger partial charge is 0.361 e. The maximum atomic E-state index is 11.2. The number of benzene rings is 1. The van der Waals surface area contributed by atoms with E-state index in [1.54, 1.807) is 7.05 Å². The van der Waals surface area contributed by atoms with Crippen LogP contribution in [0, 0.1) is 6.92 Å². The lowest BCUT2D eigenvalue weighted by atomic mass is 10.1. The molecule has 84 valence electrons. The molecule has 0 saturated heterocycles. The minimum Gasteiger partial charge on any atom is -0.361 e. The smallest absolute Gasteiger partial charge is 0.220 e. The van der Waals surface area contributed by atoms with Gasteiger partial charge in [-0.15, -0.1) is 0 Å². The number of hydrogen-bond donors (Lipinski definition) is 2. The molecule has 0 aliphatic rings. The van der Waals surface area contributed by atoms with Crippen molar-refractivity contribution >= 4 is 16.8 Å². The van der Waals surface area contributed by atoms with Crippen LogP contribution in [0.3, 0.4) is 0 Å². The van der Waals surface area contributed by atoms with Gasteiger partial charge >= 0.3 is 0 Å². The predicted molar refractivity (Wildman–Crippen MR) is 65.4 cm³/mol. The third-order valence-electron chi connectivity index (χ3n) is 2.82. The monoisotopic (exact) mass is 216 g/mol. The van der Waals surface area contributed by atoms with Crippen molar-refractivity contribution in [2.24, 2.45) is 0 Å². The number of carbonyl (C=O) groups is 1. The molecule has 1 aromatic carbocycles. The quantitative estimate of drug-likeness (QED) is 0.811. The van der Waals surface area contributed by atoms with E-state index in [0.29, 0.717) is 6.42 Å². The second-order valence-electron chi connectivity index (χ2n) is 4.04. The van der Waals surface area contributed by atoms with Gasteiger partial charge in [0.2, 0.25) is 5.91 Å². The fourth-order valence-corrected chi connectivity index (χ4v) is 1.87. The van der Waals surface area contributed by atoms with Gasteiger partial charge in [0.05, 0.1) is 0 Å². The van der Waals surface area contributed by atoms with Crippen molar-refractivity contribution in [3.05, 3.63) is 35.5 Å². The minimum absolute atomic E-state index is 0.0852. The van der Waals surface area contributed by atoms with Crippen molar-refractivity contribution in [1.29, 1.82) is 0 Å². The number of hydrogen-bond acceptors (Lipinski definition) is 1. The number of rotatable bonds is 3. The maximum absolute atomic E-state index is 11.2. The molecule has 1 amide bonds. The number of amides is 1. The summed E-state index contributed by atoms with van der Waals surface area (Å²) in [6.07, 6.45) is 3.31. The van der Waals surface area contributed by atoms with E-state index in [1.165, 1.54) is 16.5 Å². The van der Waals surface area contributed by atoms with Gasteiger partial charge in [0, 0.05) is 30.6 Å². The second kappa shape index (κ2) is 4.39. The molecule has 0 radical (unpaired) electrons. The van der Waals surface area contributed by atoms with E-state index >= 15 is 0 Å². The molecule has 0 spiro atoms. The van der Waals surface area contributed by atoms with Gasteiger partial charge in [0.1, 0.15) is 0 Å². The Labute approximate surface area is 94.9 Å². The lowest BCUT2D eigenvalue weighted by molar-refractivity contribution is -0.120. The van der Waals surface area contributed by atoms with Crippen LogP contribution < -0.4 is 5.32 Å². The molecule has 2 rings (SSSR count).